The van der Waals surface area contributed by atoms with Crippen LogP contribution >= 0.6 is 0 Å². The van der Waals surface area contributed by atoms with Crippen LogP contribution in [0.15, 0.2) is 54.6 Å². The third kappa shape index (κ3) is 2.35. The standard InChI is InChI=1S/C20H19NO/c1-22-18-8-10-20-17(13-18)12-16-11-15(7-9-19(16)21-20)14-5-3-2-4-6-14/h2-6,8,10,12-13,15H,7,9,11H2,1H3/t15-/m1/s1. The van der Waals surface area contributed by atoms with E-state index in [1.54, 1.807) is 7.11 Å². The topological polar surface area (TPSA) is 22.1 Å². The fraction of sp³-hybridized carbons (Fsp3) is 0.250. The molecular weight excluding hydrogens is 270 g/mol. The van der Waals surface area contributed by atoms with Crippen molar-refractivity contribution < 1.29 is 4.74 Å². The molecule has 1 aliphatic rings. The molecule has 0 radical (unpaired) electrons. The second-order valence-corrected chi connectivity index (χ2v) is 6.00. The summed E-state index contributed by atoms with van der Waals surface area (Å²) < 4.78 is 5.33. The van der Waals surface area contributed by atoms with Gasteiger partial charge in [-0.1, -0.05) is 30.3 Å². The van der Waals surface area contributed by atoms with Crippen LogP contribution in [0.25, 0.3) is 10.9 Å². The molecule has 0 amide bonds. The van der Waals surface area contributed by atoms with Gasteiger partial charge in [-0.2, -0.15) is 0 Å². The monoisotopic (exact) mass is 289 g/mol. The number of hydrogen-bond acceptors (Lipinski definition) is 2. The highest BCUT2D eigenvalue weighted by Gasteiger charge is 2.21. The first-order chi connectivity index (χ1) is 10.8. The van der Waals surface area contributed by atoms with Crippen molar-refractivity contribution in [1.29, 1.82) is 0 Å². The van der Waals surface area contributed by atoms with Gasteiger partial charge in [0.05, 0.1) is 12.6 Å². The Balaban J connectivity index is 1.73. The molecule has 0 spiro atoms. The molecule has 1 aliphatic carbocycles. The molecule has 0 bridgehead atoms. The first kappa shape index (κ1) is 13.3. The van der Waals surface area contributed by atoms with Crippen molar-refractivity contribution in [3.05, 3.63) is 71.4 Å². The van der Waals surface area contributed by atoms with Crippen LogP contribution in [0, 0.1) is 0 Å². The molecule has 2 heteroatoms. The summed E-state index contributed by atoms with van der Waals surface area (Å²) in [5.74, 6) is 1.50. The first-order valence-corrected chi connectivity index (χ1v) is 7.85. The number of rotatable bonds is 2. The number of hydrogen-bond donors (Lipinski definition) is 0. The maximum Gasteiger partial charge on any atom is 0.119 e. The molecule has 0 fully saturated rings. The number of aryl methyl sites for hydroxylation is 1. The van der Waals surface area contributed by atoms with Gasteiger partial charge in [0.2, 0.25) is 0 Å². The lowest BCUT2D eigenvalue weighted by Gasteiger charge is -2.24. The summed E-state index contributed by atoms with van der Waals surface area (Å²) in [6.07, 6.45) is 3.34. The molecule has 0 aliphatic heterocycles. The number of methoxy groups -OCH3 is 1. The second-order valence-electron chi connectivity index (χ2n) is 6.00. The summed E-state index contributed by atoms with van der Waals surface area (Å²) in [4.78, 5) is 4.86. The number of pyridine rings is 1. The van der Waals surface area contributed by atoms with Crippen molar-refractivity contribution in [1.82, 2.24) is 4.98 Å². The Morgan fingerprint density at radius 1 is 1.05 bits per heavy atom. The van der Waals surface area contributed by atoms with Gasteiger partial charge in [0.25, 0.3) is 0 Å². The van der Waals surface area contributed by atoms with Crippen molar-refractivity contribution in [3.63, 3.8) is 0 Å². The number of benzene rings is 2. The van der Waals surface area contributed by atoms with Crippen LogP contribution in [-0.4, -0.2) is 12.1 Å². The zero-order chi connectivity index (χ0) is 14.9. The van der Waals surface area contributed by atoms with Gasteiger partial charge in [-0.3, -0.25) is 4.98 Å². The van der Waals surface area contributed by atoms with Crippen LogP contribution in [0.2, 0.25) is 0 Å². The molecule has 0 unspecified atom stereocenters. The Morgan fingerprint density at radius 3 is 2.73 bits per heavy atom. The second kappa shape index (κ2) is 5.45. The van der Waals surface area contributed by atoms with E-state index < -0.39 is 0 Å². The van der Waals surface area contributed by atoms with E-state index >= 15 is 0 Å². The summed E-state index contributed by atoms with van der Waals surface area (Å²) >= 11 is 0. The summed E-state index contributed by atoms with van der Waals surface area (Å²) in [5.41, 5.74) is 5.17. The number of nitrogens with zero attached hydrogens (tertiary/aromatic N) is 1. The zero-order valence-corrected chi connectivity index (χ0v) is 12.8. The lowest BCUT2D eigenvalue weighted by molar-refractivity contribution is 0.415. The van der Waals surface area contributed by atoms with E-state index in [1.807, 2.05) is 6.07 Å². The zero-order valence-electron chi connectivity index (χ0n) is 12.8. The lowest BCUT2D eigenvalue weighted by atomic mass is 9.82. The minimum Gasteiger partial charge on any atom is -0.497 e. The molecule has 1 aromatic heterocycles. The van der Waals surface area contributed by atoms with E-state index in [0.717, 1.165) is 24.1 Å². The lowest BCUT2D eigenvalue weighted by Crippen LogP contribution is -2.14. The Morgan fingerprint density at radius 2 is 1.91 bits per heavy atom. The normalized spacial score (nSPS) is 17.2. The minimum absolute atomic E-state index is 0.610. The van der Waals surface area contributed by atoms with Gasteiger partial charge in [-0.05, 0) is 60.6 Å². The van der Waals surface area contributed by atoms with Crippen LogP contribution in [0.4, 0.5) is 0 Å². The molecule has 110 valence electrons. The molecule has 1 heterocycles. The number of ether oxygens (including phenoxy) is 1. The fourth-order valence-corrected chi connectivity index (χ4v) is 3.45. The highest BCUT2D eigenvalue weighted by atomic mass is 16.5. The molecule has 22 heavy (non-hydrogen) atoms. The maximum atomic E-state index is 5.33. The molecular formula is C20H19NO. The molecule has 2 aromatic carbocycles. The summed E-state index contributed by atoms with van der Waals surface area (Å²) in [5, 5.41) is 1.17. The van der Waals surface area contributed by atoms with Crippen molar-refractivity contribution in [2.45, 2.75) is 25.2 Å². The van der Waals surface area contributed by atoms with Gasteiger partial charge in [0, 0.05) is 11.1 Å². The highest BCUT2D eigenvalue weighted by Crippen LogP contribution is 2.33. The summed E-state index contributed by atoms with van der Waals surface area (Å²) in [6.45, 7) is 0. The van der Waals surface area contributed by atoms with Gasteiger partial charge in [-0.25, -0.2) is 0 Å². The third-order valence-corrected chi connectivity index (χ3v) is 4.66. The molecule has 1 atom stereocenters. The van der Waals surface area contributed by atoms with Crippen LogP contribution < -0.4 is 4.74 Å². The van der Waals surface area contributed by atoms with E-state index in [-0.39, 0.29) is 0 Å². The molecule has 4 rings (SSSR count). The van der Waals surface area contributed by atoms with Crippen molar-refractivity contribution in [2.75, 3.05) is 7.11 Å². The molecule has 2 nitrogen and oxygen atoms in total. The third-order valence-electron chi connectivity index (χ3n) is 4.66. The smallest absolute Gasteiger partial charge is 0.119 e. The molecule has 0 N–H and O–H groups in total. The van der Waals surface area contributed by atoms with E-state index in [9.17, 15) is 0 Å². The Hall–Kier alpha value is -2.35. The van der Waals surface area contributed by atoms with Crippen molar-refractivity contribution in [2.24, 2.45) is 0 Å². The van der Waals surface area contributed by atoms with Gasteiger partial charge < -0.3 is 4.74 Å². The van der Waals surface area contributed by atoms with Crippen LogP contribution in [0.3, 0.4) is 0 Å². The SMILES string of the molecule is COc1ccc2nc3c(cc2c1)C[C@H](c1ccccc1)CC3. The highest BCUT2D eigenvalue weighted by molar-refractivity contribution is 5.81. The van der Waals surface area contributed by atoms with E-state index in [0.29, 0.717) is 5.92 Å². The molecule has 3 aromatic rings. The summed E-state index contributed by atoms with van der Waals surface area (Å²) in [6, 6.07) is 19.3. The van der Waals surface area contributed by atoms with Crippen LogP contribution in [0.5, 0.6) is 5.75 Å². The van der Waals surface area contributed by atoms with Gasteiger partial charge >= 0.3 is 0 Å². The van der Waals surface area contributed by atoms with Gasteiger partial charge in [0.15, 0.2) is 0 Å². The minimum atomic E-state index is 0.610. The Bertz CT molecular complexity index is 811. The largest absolute Gasteiger partial charge is 0.497 e. The Kier molecular flexibility index (Phi) is 3.30. The van der Waals surface area contributed by atoms with Crippen molar-refractivity contribution >= 4 is 10.9 Å². The Labute approximate surface area is 130 Å². The number of aromatic nitrogens is 1. The van der Waals surface area contributed by atoms with E-state index in [4.69, 9.17) is 9.72 Å². The summed E-state index contributed by atoms with van der Waals surface area (Å²) in [7, 11) is 1.71. The first-order valence-electron chi connectivity index (χ1n) is 7.85. The maximum absolute atomic E-state index is 5.33. The average Bonchev–Trinajstić information content (AvgIpc) is 2.59. The van der Waals surface area contributed by atoms with Crippen LogP contribution in [0.1, 0.15) is 29.2 Å². The predicted molar refractivity (Wildman–Crippen MR) is 89.5 cm³/mol. The molecule has 0 saturated carbocycles. The quantitative estimate of drug-likeness (QED) is 0.692. The van der Waals surface area contributed by atoms with Crippen molar-refractivity contribution in [3.8, 4) is 5.75 Å². The van der Waals surface area contributed by atoms with Gasteiger partial charge in [-0.15, -0.1) is 0 Å². The average molecular weight is 289 g/mol. The van der Waals surface area contributed by atoms with E-state index in [2.05, 4.69) is 48.5 Å². The molecule has 0 saturated heterocycles. The fourth-order valence-electron chi connectivity index (χ4n) is 3.45. The van der Waals surface area contributed by atoms with E-state index in [1.165, 1.54) is 28.6 Å². The number of fused-ring (bicyclic) bond motifs is 2. The van der Waals surface area contributed by atoms with Crippen LogP contribution in [-0.2, 0) is 12.8 Å². The predicted octanol–water partition coefficient (Wildman–Crippen LogP) is 4.52. The van der Waals surface area contributed by atoms with Gasteiger partial charge in [0.1, 0.15) is 5.75 Å².